The molecule has 3 N–H and O–H groups in total. The van der Waals surface area contributed by atoms with Gasteiger partial charge in [0.1, 0.15) is 11.4 Å². The second kappa shape index (κ2) is 7.21. The Morgan fingerprint density at radius 2 is 1.90 bits per heavy atom. The van der Waals surface area contributed by atoms with Gasteiger partial charge >= 0.3 is 0 Å². The van der Waals surface area contributed by atoms with E-state index in [4.69, 9.17) is 15.5 Å². The third-order valence-corrected chi connectivity index (χ3v) is 5.53. The first-order valence-electron chi connectivity index (χ1n) is 9.58. The zero-order valence-electron chi connectivity index (χ0n) is 16.4. The second-order valence-corrected chi connectivity index (χ2v) is 7.71. The lowest BCUT2D eigenvalue weighted by atomic mass is 9.80. The molecule has 1 amide bonds. The van der Waals surface area contributed by atoms with Gasteiger partial charge in [-0.15, -0.1) is 0 Å². The van der Waals surface area contributed by atoms with Crippen molar-refractivity contribution in [3.63, 3.8) is 0 Å². The van der Waals surface area contributed by atoms with Crippen molar-refractivity contribution in [2.45, 2.75) is 37.4 Å². The lowest BCUT2D eigenvalue weighted by molar-refractivity contribution is -0.146. The van der Waals surface area contributed by atoms with Gasteiger partial charge in [0.2, 0.25) is 5.91 Å². The van der Waals surface area contributed by atoms with E-state index in [2.05, 4.69) is 0 Å². The number of hydrogen-bond donors (Lipinski definition) is 2. The zero-order chi connectivity index (χ0) is 20.8. The van der Waals surface area contributed by atoms with E-state index in [0.29, 0.717) is 11.1 Å². The number of rotatable bonds is 6. The lowest BCUT2D eigenvalue weighted by Gasteiger charge is -2.34. The number of nitrogens with zero attached hydrogens (tertiary/aromatic N) is 1. The number of nitrogens with two attached hydrogens (primary N) is 1. The highest BCUT2D eigenvalue weighted by Gasteiger charge is 2.45. The van der Waals surface area contributed by atoms with Crippen molar-refractivity contribution in [3.8, 4) is 11.1 Å². The predicted octanol–water partition coefficient (Wildman–Crippen LogP) is 3.63. The van der Waals surface area contributed by atoms with Crippen LogP contribution in [0.5, 0.6) is 0 Å². The third kappa shape index (κ3) is 3.39. The first-order valence-corrected chi connectivity index (χ1v) is 9.58. The van der Waals surface area contributed by atoms with Crippen molar-refractivity contribution >= 4 is 16.8 Å². The van der Waals surface area contributed by atoms with Gasteiger partial charge in [-0.2, -0.15) is 0 Å². The number of amides is 1. The summed E-state index contributed by atoms with van der Waals surface area (Å²) in [6.07, 6.45) is 0.638. The summed E-state index contributed by atoms with van der Waals surface area (Å²) >= 11 is 0. The molecule has 6 heteroatoms. The number of benzene rings is 2. The van der Waals surface area contributed by atoms with E-state index >= 15 is 0 Å². The predicted molar refractivity (Wildman–Crippen MR) is 109 cm³/mol. The van der Waals surface area contributed by atoms with Crippen LogP contribution in [0.2, 0.25) is 0 Å². The number of primary amides is 1. The van der Waals surface area contributed by atoms with Gasteiger partial charge in [-0.3, -0.25) is 9.78 Å². The molecule has 1 aromatic heterocycles. The number of para-hydroxylation sites is 1. The van der Waals surface area contributed by atoms with E-state index in [0.717, 1.165) is 35.0 Å². The number of carbonyl (C=O) groups excluding carboxylic acids is 1. The number of carbonyl (C=O) groups is 1. The van der Waals surface area contributed by atoms with Gasteiger partial charge in [-0.05, 0) is 49.1 Å². The number of fused-ring (bicyclic) bond motifs is 1. The first kappa shape index (κ1) is 19.5. The van der Waals surface area contributed by atoms with Crippen LogP contribution in [0.15, 0.2) is 48.5 Å². The largest absolute Gasteiger partial charge is 0.382 e. The fourth-order valence-electron chi connectivity index (χ4n) is 4.07. The van der Waals surface area contributed by atoms with Crippen LogP contribution in [0.25, 0.3) is 22.0 Å². The van der Waals surface area contributed by atoms with Crippen molar-refractivity contribution in [1.82, 2.24) is 4.98 Å². The average Bonchev–Trinajstić information content (AvgIpc) is 3.52. The smallest absolute Gasteiger partial charge is 0.249 e. The van der Waals surface area contributed by atoms with Crippen LogP contribution in [-0.4, -0.2) is 29.2 Å². The molecule has 2 unspecified atom stereocenters. The van der Waals surface area contributed by atoms with Gasteiger partial charge in [-0.25, -0.2) is 4.39 Å². The van der Waals surface area contributed by atoms with Gasteiger partial charge in [0, 0.05) is 24.0 Å². The zero-order valence-corrected chi connectivity index (χ0v) is 16.4. The van der Waals surface area contributed by atoms with E-state index in [1.165, 1.54) is 26.2 Å². The number of ether oxygens (including phenoxy) is 1. The number of aromatic nitrogens is 1. The quantitative estimate of drug-likeness (QED) is 0.669. The van der Waals surface area contributed by atoms with Gasteiger partial charge in [0.15, 0.2) is 6.10 Å². The number of hydrogen-bond acceptors (Lipinski definition) is 4. The molecule has 1 fully saturated rings. The first-order chi connectivity index (χ1) is 13.8. The molecule has 1 aliphatic rings. The van der Waals surface area contributed by atoms with Crippen LogP contribution in [0.1, 0.15) is 36.9 Å². The highest BCUT2D eigenvalue weighted by atomic mass is 19.1. The van der Waals surface area contributed by atoms with Crippen LogP contribution in [0.3, 0.4) is 0 Å². The molecule has 150 valence electrons. The fraction of sp³-hybridized carbons (Fsp3) is 0.304. The molecular formula is C23H23FN2O3. The maximum atomic E-state index is 13.6. The summed E-state index contributed by atoms with van der Waals surface area (Å²) in [5, 5.41) is 12.4. The molecule has 1 heterocycles. The van der Waals surface area contributed by atoms with E-state index in [9.17, 15) is 14.3 Å². The van der Waals surface area contributed by atoms with Crippen LogP contribution >= 0.6 is 0 Å². The summed E-state index contributed by atoms with van der Waals surface area (Å²) in [5.74, 6) is -0.933. The average molecular weight is 394 g/mol. The van der Waals surface area contributed by atoms with Gasteiger partial charge in [-0.1, -0.05) is 30.3 Å². The highest BCUT2D eigenvalue weighted by molar-refractivity contribution is 5.97. The number of methoxy groups -OCH3 is 1. The molecule has 29 heavy (non-hydrogen) atoms. The van der Waals surface area contributed by atoms with Crippen LogP contribution in [-0.2, 0) is 15.1 Å². The van der Waals surface area contributed by atoms with Crippen molar-refractivity contribution in [2.24, 2.45) is 5.73 Å². The fourth-order valence-corrected chi connectivity index (χ4v) is 4.07. The Hall–Kier alpha value is -2.83. The Morgan fingerprint density at radius 1 is 1.24 bits per heavy atom. The Morgan fingerprint density at radius 3 is 2.48 bits per heavy atom. The monoisotopic (exact) mass is 394 g/mol. The van der Waals surface area contributed by atoms with Gasteiger partial charge in [0.05, 0.1) is 11.2 Å². The van der Waals surface area contributed by atoms with Crippen LogP contribution in [0.4, 0.5) is 4.39 Å². The molecule has 5 nitrogen and oxygen atoms in total. The molecule has 1 aliphatic carbocycles. The molecule has 0 radical (unpaired) electrons. The molecule has 0 aliphatic heterocycles. The molecule has 2 atom stereocenters. The van der Waals surface area contributed by atoms with E-state index in [1.54, 1.807) is 12.1 Å². The Labute approximate surface area is 168 Å². The van der Waals surface area contributed by atoms with E-state index in [1.807, 2.05) is 24.3 Å². The normalized spacial score (nSPS) is 17.1. The molecule has 4 rings (SSSR count). The van der Waals surface area contributed by atoms with Crippen LogP contribution < -0.4 is 5.73 Å². The molecule has 0 spiro atoms. The Balaban J connectivity index is 2.11. The standard InChI is InChI=1S/C23H23FN2O3/c1-23(28,21(29-2)22(25)27)19-18(13-9-11-15(24)12-10-13)16-5-3-4-6-17(16)26-20(19)14-7-8-14/h3-6,9-12,14,21,28H,7-8H2,1-2H3,(H2,25,27). The lowest BCUT2D eigenvalue weighted by Crippen LogP contribution is -2.47. The SMILES string of the molecule is COC(C(N)=O)C(C)(O)c1c(C2CC2)nc2ccccc2c1-c1ccc(F)cc1. The Kier molecular flexibility index (Phi) is 4.84. The maximum Gasteiger partial charge on any atom is 0.249 e. The van der Waals surface area contributed by atoms with Crippen molar-refractivity contribution in [2.75, 3.05) is 7.11 Å². The summed E-state index contributed by atoms with van der Waals surface area (Å²) in [5.41, 5.74) is 7.28. The Bertz CT molecular complexity index is 1080. The maximum absolute atomic E-state index is 13.6. The summed E-state index contributed by atoms with van der Waals surface area (Å²) in [4.78, 5) is 16.9. The second-order valence-electron chi connectivity index (χ2n) is 7.71. The van der Waals surface area contributed by atoms with Crippen molar-refractivity contribution < 1.29 is 19.0 Å². The molecule has 1 saturated carbocycles. The van der Waals surface area contributed by atoms with Crippen molar-refractivity contribution in [1.29, 1.82) is 0 Å². The van der Waals surface area contributed by atoms with Gasteiger partial charge < -0.3 is 15.6 Å². The van der Waals surface area contributed by atoms with Gasteiger partial charge in [0.25, 0.3) is 0 Å². The molecular weight excluding hydrogens is 371 g/mol. The molecule has 3 aromatic rings. The van der Waals surface area contributed by atoms with E-state index < -0.39 is 17.6 Å². The summed E-state index contributed by atoms with van der Waals surface area (Å²) in [6, 6.07) is 13.7. The minimum atomic E-state index is -1.72. The molecule has 2 aromatic carbocycles. The highest BCUT2D eigenvalue weighted by Crippen LogP contribution is 2.49. The van der Waals surface area contributed by atoms with E-state index in [-0.39, 0.29) is 11.7 Å². The summed E-state index contributed by atoms with van der Waals surface area (Å²) in [7, 11) is 1.34. The number of aliphatic hydroxyl groups is 1. The van der Waals surface area contributed by atoms with Crippen molar-refractivity contribution in [3.05, 3.63) is 65.6 Å². The minimum Gasteiger partial charge on any atom is -0.382 e. The summed E-state index contributed by atoms with van der Waals surface area (Å²) < 4.78 is 18.9. The molecule has 0 bridgehead atoms. The molecule has 0 saturated heterocycles. The third-order valence-electron chi connectivity index (χ3n) is 5.53. The number of halogens is 1. The van der Waals surface area contributed by atoms with Crippen LogP contribution in [0, 0.1) is 5.82 Å². The summed E-state index contributed by atoms with van der Waals surface area (Å²) in [6.45, 7) is 1.52. The number of pyridine rings is 1. The topological polar surface area (TPSA) is 85.4 Å². The minimum absolute atomic E-state index is 0.186.